The maximum Gasteiger partial charge on any atom is 0.170 e. The molecule has 118 valence electrons. The van der Waals surface area contributed by atoms with Crippen molar-refractivity contribution in [1.29, 1.82) is 0 Å². The zero-order chi connectivity index (χ0) is 16.4. The van der Waals surface area contributed by atoms with Gasteiger partial charge in [-0.3, -0.25) is 0 Å². The Morgan fingerprint density at radius 1 is 0.870 bits per heavy atom. The lowest BCUT2D eigenvalue weighted by molar-refractivity contribution is 0.353. The number of aryl methyl sites for hydroxylation is 1. The molecule has 0 fully saturated rings. The van der Waals surface area contributed by atoms with Gasteiger partial charge in [-0.25, -0.2) is 15.0 Å². The Kier molecular flexibility index (Phi) is 3.97. The third kappa shape index (κ3) is 2.63. The van der Waals surface area contributed by atoms with Crippen LogP contribution in [-0.2, 0) is 0 Å². The molecule has 0 atom stereocenters. The van der Waals surface area contributed by atoms with E-state index < -0.39 is 0 Å². The van der Waals surface area contributed by atoms with Crippen LogP contribution in [0, 0.1) is 6.92 Å². The summed E-state index contributed by atoms with van der Waals surface area (Å²) >= 11 is 0. The van der Waals surface area contributed by atoms with Crippen molar-refractivity contribution in [2.24, 2.45) is 0 Å². The Labute approximate surface area is 134 Å². The predicted octanol–water partition coefficient (Wildman–Crippen LogP) is 3.03. The van der Waals surface area contributed by atoms with Gasteiger partial charge in [0.25, 0.3) is 0 Å². The molecule has 0 unspecified atom stereocenters. The van der Waals surface area contributed by atoms with Crippen molar-refractivity contribution >= 4 is 10.9 Å². The molecule has 3 rings (SSSR count). The van der Waals surface area contributed by atoms with Crippen LogP contribution in [0.2, 0.25) is 0 Å². The maximum absolute atomic E-state index is 5.47. The van der Waals surface area contributed by atoms with Crippen molar-refractivity contribution in [3.05, 3.63) is 36.4 Å². The quantitative estimate of drug-likeness (QED) is 0.738. The maximum atomic E-state index is 5.47. The highest BCUT2D eigenvalue weighted by Gasteiger charge is 2.16. The molecule has 0 bridgehead atoms. The lowest BCUT2D eigenvalue weighted by Crippen LogP contribution is -1.97. The van der Waals surface area contributed by atoms with Gasteiger partial charge in [-0.05, 0) is 19.1 Å². The Bertz CT molecular complexity index is 848. The highest BCUT2D eigenvalue weighted by Crippen LogP contribution is 2.41. The van der Waals surface area contributed by atoms with Crippen LogP contribution in [0.4, 0.5) is 0 Å². The molecule has 1 aromatic carbocycles. The van der Waals surface area contributed by atoms with Gasteiger partial charge in [0.2, 0.25) is 0 Å². The molecule has 0 saturated carbocycles. The number of pyridine rings is 1. The molecule has 0 aliphatic heterocycles. The van der Waals surface area contributed by atoms with Crippen LogP contribution in [0.5, 0.6) is 17.2 Å². The van der Waals surface area contributed by atoms with E-state index >= 15 is 0 Å². The SMILES string of the molecule is COc1cc(OC)c2nc(-c3cnc(C)nc3)ccc2c1OC. The summed E-state index contributed by atoms with van der Waals surface area (Å²) in [6.07, 6.45) is 3.51. The van der Waals surface area contributed by atoms with Crippen molar-refractivity contribution < 1.29 is 14.2 Å². The van der Waals surface area contributed by atoms with E-state index in [1.54, 1.807) is 39.8 Å². The van der Waals surface area contributed by atoms with E-state index in [1.165, 1.54) is 0 Å². The van der Waals surface area contributed by atoms with Crippen LogP contribution < -0.4 is 14.2 Å². The molecule has 6 nitrogen and oxygen atoms in total. The van der Waals surface area contributed by atoms with Crippen LogP contribution in [0.25, 0.3) is 22.2 Å². The predicted molar refractivity (Wildman–Crippen MR) is 87.2 cm³/mol. The number of benzene rings is 1. The molecule has 0 radical (unpaired) electrons. The van der Waals surface area contributed by atoms with Gasteiger partial charge >= 0.3 is 0 Å². The summed E-state index contributed by atoms with van der Waals surface area (Å²) in [6.45, 7) is 1.85. The number of methoxy groups -OCH3 is 3. The average molecular weight is 311 g/mol. The Balaban J connectivity index is 2.24. The van der Waals surface area contributed by atoms with Crippen molar-refractivity contribution in [2.75, 3.05) is 21.3 Å². The van der Waals surface area contributed by atoms with Crippen LogP contribution in [0.15, 0.2) is 30.6 Å². The summed E-state index contributed by atoms with van der Waals surface area (Å²) in [6, 6.07) is 5.60. The van der Waals surface area contributed by atoms with E-state index in [0.717, 1.165) is 22.5 Å². The first-order valence-electron chi connectivity index (χ1n) is 7.06. The number of ether oxygens (including phenoxy) is 3. The Morgan fingerprint density at radius 3 is 2.17 bits per heavy atom. The summed E-state index contributed by atoms with van der Waals surface area (Å²) in [7, 11) is 4.80. The molecule has 2 heterocycles. The summed E-state index contributed by atoms with van der Waals surface area (Å²) in [5.74, 6) is 2.57. The number of fused-ring (bicyclic) bond motifs is 1. The van der Waals surface area contributed by atoms with Crippen LogP contribution in [0.1, 0.15) is 5.82 Å². The van der Waals surface area contributed by atoms with Gasteiger partial charge in [-0.2, -0.15) is 0 Å². The molecule has 0 aliphatic rings. The first-order chi connectivity index (χ1) is 11.2. The number of aromatic nitrogens is 3. The zero-order valence-electron chi connectivity index (χ0n) is 13.5. The fourth-order valence-electron chi connectivity index (χ4n) is 2.42. The van der Waals surface area contributed by atoms with Gasteiger partial charge in [0, 0.05) is 29.4 Å². The Morgan fingerprint density at radius 2 is 1.57 bits per heavy atom. The van der Waals surface area contributed by atoms with Gasteiger partial charge in [0.1, 0.15) is 17.1 Å². The van der Waals surface area contributed by atoms with Gasteiger partial charge in [0.05, 0.1) is 27.0 Å². The fourth-order valence-corrected chi connectivity index (χ4v) is 2.42. The molecule has 0 saturated heterocycles. The average Bonchev–Trinajstić information content (AvgIpc) is 2.60. The zero-order valence-corrected chi connectivity index (χ0v) is 13.5. The fraction of sp³-hybridized carbons (Fsp3) is 0.235. The van der Waals surface area contributed by atoms with Crippen LogP contribution in [0.3, 0.4) is 0 Å². The minimum absolute atomic E-state index is 0.602. The standard InChI is InChI=1S/C17H17N3O3/c1-10-18-8-11(9-19-10)13-6-5-12-16(20-13)14(21-2)7-15(22-3)17(12)23-4/h5-9H,1-4H3. The van der Waals surface area contributed by atoms with Crippen LogP contribution in [-0.4, -0.2) is 36.3 Å². The molecule has 0 aliphatic carbocycles. The number of hydrogen-bond acceptors (Lipinski definition) is 6. The minimum atomic E-state index is 0.602. The monoisotopic (exact) mass is 311 g/mol. The van der Waals surface area contributed by atoms with Gasteiger partial charge in [-0.15, -0.1) is 0 Å². The summed E-state index contributed by atoms with van der Waals surface area (Å²) in [5, 5.41) is 0.820. The molecule has 0 amide bonds. The van der Waals surface area contributed by atoms with Gasteiger partial charge in [0.15, 0.2) is 11.5 Å². The lowest BCUT2D eigenvalue weighted by Gasteiger charge is -2.14. The molecule has 0 spiro atoms. The second-order valence-corrected chi connectivity index (χ2v) is 4.93. The number of rotatable bonds is 4. The summed E-state index contributed by atoms with van der Waals surface area (Å²) in [5.41, 5.74) is 2.31. The normalized spacial score (nSPS) is 10.6. The van der Waals surface area contributed by atoms with Crippen molar-refractivity contribution in [3.8, 4) is 28.5 Å². The smallest absolute Gasteiger partial charge is 0.170 e. The molecule has 23 heavy (non-hydrogen) atoms. The van der Waals surface area contributed by atoms with E-state index in [0.29, 0.717) is 22.8 Å². The molecule has 0 N–H and O–H groups in total. The van der Waals surface area contributed by atoms with E-state index in [9.17, 15) is 0 Å². The largest absolute Gasteiger partial charge is 0.494 e. The molecular weight excluding hydrogens is 294 g/mol. The lowest BCUT2D eigenvalue weighted by atomic mass is 10.1. The first kappa shape index (κ1) is 15.0. The molecular formula is C17H17N3O3. The third-order valence-electron chi connectivity index (χ3n) is 3.58. The number of nitrogens with zero attached hydrogens (tertiary/aromatic N) is 3. The second-order valence-electron chi connectivity index (χ2n) is 4.93. The third-order valence-corrected chi connectivity index (χ3v) is 3.58. The van der Waals surface area contributed by atoms with Crippen molar-refractivity contribution in [1.82, 2.24) is 15.0 Å². The van der Waals surface area contributed by atoms with E-state index in [-0.39, 0.29) is 0 Å². The van der Waals surface area contributed by atoms with Gasteiger partial charge < -0.3 is 14.2 Å². The summed E-state index contributed by atoms with van der Waals surface area (Å²) < 4.78 is 16.3. The van der Waals surface area contributed by atoms with E-state index in [2.05, 4.69) is 15.0 Å². The second kappa shape index (κ2) is 6.08. The first-order valence-corrected chi connectivity index (χ1v) is 7.06. The molecule has 2 aromatic heterocycles. The molecule has 3 aromatic rings. The molecule has 6 heteroatoms. The van der Waals surface area contributed by atoms with E-state index in [1.807, 2.05) is 19.1 Å². The van der Waals surface area contributed by atoms with E-state index in [4.69, 9.17) is 14.2 Å². The Hall–Kier alpha value is -2.89. The van der Waals surface area contributed by atoms with Gasteiger partial charge in [-0.1, -0.05) is 0 Å². The summed E-state index contributed by atoms with van der Waals surface area (Å²) in [4.78, 5) is 13.1. The van der Waals surface area contributed by atoms with Crippen molar-refractivity contribution in [2.45, 2.75) is 6.92 Å². The van der Waals surface area contributed by atoms with Crippen molar-refractivity contribution in [3.63, 3.8) is 0 Å². The minimum Gasteiger partial charge on any atom is -0.494 e. The number of hydrogen-bond donors (Lipinski definition) is 0. The van der Waals surface area contributed by atoms with Crippen LogP contribution >= 0.6 is 0 Å². The highest BCUT2D eigenvalue weighted by atomic mass is 16.5. The highest BCUT2D eigenvalue weighted by molar-refractivity contribution is 5.94. The topological polar surface area (TPSA) is 66.4 Å².